The average molecular weight is 334 g/mol. The topological polar surface area (TPSA) is 55.8 Å². The molecule has 4 nitrogen and oxygen atoms in total. The number of aliphatic hydroxyl groups excluding tert-OH is 1. The van der Waals surface area contributed by atoms with E-state index in [1.54, 1.807) is 81.0 Å². The Kier molecular flexibility index (Phi) is 4.70. The number of ketones is 1. The lowest BCUT2D eigenvalue weighted by molar-refractivity contribution is 0.103. The number of methoxy groups -OCH3 is 2. The molecule has 0 unspecified atom stereocenters. The Morgan fingerprint density at radius 1 is 0.840 bits per heavy atom. The Balaban J connectivity index is 1.92. The number of carbonyl (C=O) groups is 1. The highest BCUT2D eigenvalue weighted by molar-refractivity contribution is 6.14. The van der Waals surface area contributed by atoms with Gasteiger partial charge in [-0.3, -0.25) is 4.79 Å². The van der Waals surface area contributed by atoms with Crippen LogP contribution in [0.15, 0.2) is 77.9 Å². The lowest BCUT2D eigenvalue weighted by Crippen LogP contribution is -2.05. The molecule has 0 fully saturated rings. The number of benzene rings is 2. The quantitative estimate of drug-likeness (QED) is 0.652. The number of ether oxygens (including phenoxy) is 2. The molecule has 25 heavy (non-hydrogen) atoms. The fraction of sp³-hybridized carbons (Fsp3) is 0.0952. The maximum atomic E-state index is 12.8. The predicted molar refractivity (Wildman–Crippen MR) is 97.1 cm³/mol. The van der Waals surface area contributed by atoms with Crippen LogP contribution in [0.2, 0.25) is 0 Å². The van der Waals surface area contributed by atoms with Crippen molar-refractivity contribution in [2.24, 2.45) is 0 Å². The van der Waals surface area contributed by atoms with Crippen molar-refractivity contribution in [3.8, 4) is 11.5 Å². The van der Waals surface area contributed by atoms with E-state index in [0.29, 0.717) is 33.8 Å². The van der Waals surface area contributed by atoms with Crippen molar-refractivity contribution in [1.82, 2.24) is 0 Å². The largest absolute Gasteiger partial charge is 0.507 e. The lowest BCUT2D eigenvalue weighted by Gasteiger charge is -2.09. The van der Waals surface area contributed by atoms with Crippen LogP contribution in [0.5, 0.6) is 11.5 Å². The third-order valence-electron chi connectivity index (χ3n) is 4.03. The van der Waals surface area contributed by atoms with Crippen LogP contribution < -0.4 is 9.47 Å². The van der Waals surface area contributed by atoms with E-state index < -0.39 is 0 Å². The Hall–Kier alpha value is -3.27. The molecule has 0 saturated carbocycles. The van der Waals surface area contributed by atoms with Gasteiger partial charge in [0.05, 0.1) is 14.2 Å². The van der Waals surface area contributed by atoms with Crippen LogP contribution in [0.3, 0.4) is 0 Å². The zero-order valence-electron chi connectivity index (χ0n) is 14.0. The molecule has 0 amide bonds. The van der Waals surface area contributed by atoms with Crippen LogP contribution in [-0.2, 0) is 0 Å². The molecule has 1 aliphatic carbocycles. The van der Waals surface area contributed by atoms with Crippen LogP contribution in [-0.4, -0.2) is 25.1 Å². The Morgan fingerprint density at radius 2 is 1.36 bits per heavy atom. The second-order valence-electron chi connectivity index (χ2n) is 5.49. The Bertz CT molecular complexity index is 869. The summed E-state index contributed by atoms with van der Waals surface area (Å²) in [6.45, 7) is 0. The molecule has 1 N–H and O–H groups in total. The fourth-order valence-corrected chi connectivity index (χ4v) is 2.63. The highest BCUT2D eigenvalue weighted by Crippen LogP contribution is 2.30. The molecule has 4 heteroatoms. The van der Waals surface area contributed by atoms with Gasteiger partial charge in [0, 0.05) is 22.3 Å². The Morgan fingerprint density at radius 3 is 1.88 bits per heavy atom. The van der Waals surface area contributed by atoms with Crippen LogP contribution in [0.1, 0.15) is 15.9 Å². The van der Waals surface area contributed by atoms with Crippen molar-refractivity contribution in [2.75, 3.05) is 14.2 Å². The van der Waals surface area contributed by atoms with Gasteiger partial charge in [0.25, 0.3) is 0 Å². The maximum absolute atomic E-state index is 12.8. The molecule has 2 aromatic rings. The number of hydrogen-bond acceptors (Lipinski definition) is 4. The van der Waals surface area contributed by atoms with Gasteiger partial charge >= 0.3 is 0 Å². The second kappa shape index (κ2) is 7.09. The first-order valence-corrected chi connectivity index (χ1v) is 7.79. The van der Waals surface area contributed by atoms with Crippen LogP contribution in [0.4, 0.5) is 0 Å². The fourth-order valence-electron chi connectivity index (χ4n) is 2.63. The minimum Gasteiger partial charge on any atom is -0.507 e. The van der Waals surface area contributed by atoms with Crippen molar-refractivity contribution in [2.45, 2.75) is 0 Å². The molecule has 0 aromatic heterocycles. The standard InChI is InChI=1S/C21H18O4/c1-24-16-10-6-14(7-11-16)20(22)18-4-3-5-19(18)21(23)15-8-12-17(25-2)13-9-15/h3-13,22H,1-2H3/b20-18-. The first-order valence-electron chi connectivity index (χ1n) is 7.79. The first-order chi connectivity index (χ1) is 12.1. The zero-order valence-corrected chi connectivity index (χ0v) is 14.0. The van der Waals surface area contributed by atoms with Gasteiger partial charge in [0.1, 0.15) is 17.3 Å². The second-order valence-corrected chi connectivity index (χ2v) is 5.49. The van der Waals surface area contributed by atoms with E-state index in [1.165, 1.54) is 0 Å². The van der Waals surface area contributed by atoms with Gasteiger partial charge in [-0.2, -0.15) is 0 Å². The molecule has 2 aromatic carbocycles. The molecule has 3 rings (SSSR count). The van der Waals surface area contributed by atoms with Crippen molar-refractivity contribution in [3.05, 3.63) is 89.0 Å². The molecular formula is C21H18O4. The number of allylic oxidation sites excluding steroid dienone is 5. The van der Waals surface area contributed by atoms with Gasteiger partial charge in [-0.25, -0.2) is 0 Å². The van der Waals surface area contributed by atoms with Crippen molar-refractivity contribution in [1.29, 1.82) is 0 Å². The van der Waals surface area contributed by atoms with Crippen molar-refractivity contribution in [3.63, 3.8) is 0 Å². The van der Waals surface area contributed by atoms with Crippen LogP contribution in [0, 0.1) is 0 Å². The molecule has 126 valence electrons. The van der Waals surface area contributed by atoms with Gasteiger partial charge in [0.15, 0.2) is 5.78 Å². The van der Waals surface area contributed by atoms with E-state index in [2.05, 4.69) is 0 Å². The molecule has 0 aliphatic heterocycles. The summed E-state index contributed by atoms with van der Waals surface area (Å²) < 4.78 is 10.2. The monoisotopic (exact) mass is 334 g/mol. The summed E-state index contributed by atoms with van der Waals surface area (Å²) >= 11 is 0. The van der Waals surface area contributed by atoms with Crippen LogP contribution in [0.25, 0.3) is 5.76 Å². The minimum atomic E-state index is -0.150. The van der Waals surface area contributed by atoms with Crippen LogP contribution >= 0.6 is 0 Å². The van der Waals surface area contributed by atoms with E-state index in [4.69, 9.17) is 9.47 Å². The molecule has 0 bridgehead atoms. The summed E-state index contributed by atoms with van der Waals surface area (Å²) in [7, 11) is 3.16. The average Bonchev–Trinajstić information content (AvgIpc) is 3.16. The molecule has 0 saturated heterocycles. The summed E-state index contributed by atoms with van der Waals surface area (Å²) in [4.78, 5) is 12.8. The molecule has 0 spiro atoms. The van der Waals surface area contributed by atoms with Crippen molar-refractivity contribution >= 4 is 11.5 Å². The molecule has 1 aliphatic rings. The minimum absolute atomic E-state index is 0.0597. The van der Waals surface area contributed by atoms with Gasteiger partial charge < -0.3 is 14.6 Å². The summed E-state index contributed by atoms with van der Waals surface area (Å²) in [6, 6.07) is 13.9. The molecular weight excluding hydrogens is 316 g/mol. The molecule has 0 heterocycles. The number of aliphatic hydroxyl groups is 1. The number of carbonyl (C=O) groups excluding carboxylic acids is 1. The summed E-state index contributed by atoms with van der Waals surface area (Å²) in [5, 5.41) is 10.6. The zero-order chi connectivity index (χ0) is 17.8. The van der Waals surface area contributed by atoms with E-state index in [-0.39, 0.29) is 11.5 Å². The smallest absolute Gasteiger partial charge is 0.193 e. The van der Waals surface area contributed by atoms with Gasteiger partial charge in [-0.05, 0) is 48.5 Å². The number of hydrogen-bond donors (Lipinski definition) is 1. The van der Waals surface area contributed by atoms with E-state index in [1.807, 2.05) is 0 Å². The number of Topliss-reactive ketones (excluding diaryl/α,β-unsaturated/α-hetero) is 1. The molecule has 0 atom stereocenters. The number of rotatable bonds is 5. The normalized spacial score (nSPS) is 14.9. The SMILES string of the molecule is COc1ccc(C(=O)C2=CC=C/C2=C(/O)c2ccc(OC)cc2)cc1. The van der Waals surface area contributed by atoms with E-state index in [9.17, 15) is 9.90 Å². The third kappa shape index (κ3) is 3.33. The molecule has 0 radical (unpaired) electrons. The predicted octanol–water partition coefficient (Wildman–Crippen LogP) is 4.35. The maximum Gasteiger partial charge on any atom is 0.193 e. The first kappa shape index (κ1) is 16.6. The van der Waals surface area contributed by atoms with E-state index >= 15 is 0 Å². The van der Waals surface area contributed by atoms with E-state index in [0.717, 1.165) is 0 Å². The summed E-state index contributed by atoms with van der Waals surface area (Å²) in [5.41, 5.74) is 2.12. The summed E-state index contributed by atoms with van der Waals surface area (Å²) in [5.74, 6) is 1.30. The highest BCUT2D eigenvalue weighted by atomic mass is 16.5. The van der Waals surface area contributed by atoms with Gasteiger partial charge in [0.2, 0.25) is 0 Å². The van der Waals surface area contributed by atoms with Gasteiger partial charge in [-0.15, -0.1) is 0 Å². The van der Waals surface area contributed by atoms with Gasteiger partial charge in [-0.1, -0.05) is 18.2 Å². The third-order valence-corrected chi connectivity index (χ3v) is 4.03. The lowest BCUT2D eigenvalue weighted by atomic mass is 9.96. The highest BCUT2D eigenvalue weighted by Gasteiger charge is 2.21. The summed E-state index contributed by atoms with van der Waals surface area (Å²) in [6.07, 6.45) is 5.20. The Labute approximate surface area is 146 Å². The van der Waals surface area contributed by atoms with Crippen molar-refractivity contribution < 1.29 is 19.4 Å².